The van der Waals surface area contributed by atoms with Crippen LogP contribution in [0.3, 0.4) is 0 Å². The van der Waals surface area contributed by atoms with E-state index in [1.807, 2.05) is 26.0 Å². The number of likely N-dealkylation sites (N-methyl/N-ethyl adjacent to an activating group) is 1. The van der Waals surface area contributed by atoms with E-state index in [1.165, 1.54) is 31.9 Å². The second-order valence-corrected chi connectivity index (χ2v) is 11.1. The smallest absolute Gasteiger partial charge is 0.268 e. The molecule has 4 amide bonds. The molecule has 0 saturated carbocycles. The van der Waals surface area contributed by atoms with E-state index in [0.29, 0.717) is 25.7 Å². The summed E-state index contributed by atoms with van der Waals surface area (Å²) in [6.07, 6.45) is 12.8. The molecule has 0 aromatic heterocycles. The molecule has 0 radical (unpaired) electrons. The molecule has 0 bridgehead atoms. The SMILES string of the molecule is CCCCCCCC1CC/C=C\CC(C(=O)N(C)C)C[C@@H](C(=O)N(C)OC)NC(=O)[C@H](CC(C)C)NC1=O. The molecule has 38 heavy (non-hydrogen) atoms. The second kappa shape index (κ2) is 18.0. The molecule has 9 heteroatoms. The van der Waals surface area contributed by atoms with Gasteiger partial charge < -0.3 is 15.5 Å². The fourth-order valence-corrected chi connectivity index (χ4v) is 4.82. The standard InChI is InChI=1S/C29H52N4O5/c1-8-9-10-11-13-16-22-17-14-12-15-18-23(28(36)32(4)5)20-25(29(37)33(6)38-7)31-27(35)24(19-21(2)3)30-26(22)34/h12,15,21-25H,8-11,13-14,16-20H2,1-7H3,(H,30,34)(H,31,35)/b15-12-/t22?,23?,24-,25-/m0/s1. The van der Waals surface area contributed by atoms with Crippen LogP contribution in [0.25, 0.3) is 0 Å². The van der Waals surface area contributed by atoms with Gasteiger partial charge in [-0.2, -0.15) is 0 Å². The number of hydrogen-bond acceptors (Lipinski definition) is 5. The molecule has 1 aliphatic heterocycles. The number of unbranched alkanes of at least 4 members (excludes halogenated alkanes) is 4. The zero-order chi connectivity index (χ0) is 28.7. The number of nitrogens with zero attached hydrogens (tertiary/aromatic N) is 2. The molecule has 0 aliphatic carbocycles. The number of amides is 4. The summed E-state index contributed by atoms with van der Waals surface area (Å²) in [5.41, 5.74) is 0. The van der Waals surface area contributed by atoms with Crippen molar-refractivity contribution in [3.63, 3.8) is 0 Å². The third-order valence-corrected chi connectivity index (χ3v) is 7.15. The molecule has 1 heterocycles. The van der Waals surface area contributed by atoms with E-state index in [0.717, 1.165) is 30.7 Å². The second-order valence-electron chi connectivity index (χ2n) is 11.1. The van der Waals surface area contributed by atoms with E-state index in [2.05, 4.69) is 17.6 Å². The number of carbonyl (C=O) groups is 4. The van der Waals surface area contributed by atoms with Crippen LogP contribution in [0.5, 0.6) is 0 Å². The zero-order valence-corrected chi connectivity index (χ0v) is 24.8. The summed E-state index contributed by atoms with van der Waals surface area (Å²) in [6, 6.07) is -1.74. The molecule has 4 atom stereocenters. The van der Waals surface area contributed by atoms with Crippen LogP contribution in [0.4, 0.5) is 0 Å². The number of hydrogen-bond donors (Lipinski definition) is 2. The highest BCUT2D eigenvalue weighted by Gasteiger charge is 2.34. The molecule has 0 spiro atoms. The average molecular weight is 537 g/mol. The summed E-state index contributed by atoms with van der Waals surface area (Å²) in [5.74, 6) is -1.61. The summed E-state index contributed by atoms with van der Waals surface area (Å²) < 4.78 is 0. The van der Waals surface area contributed by atoms with Gasteiger partial charge in [0.15, 0.2) is 0 Å². The lowest BCUT2D eigenvalue weighted by atomic mass is 9.91. The molecule has 2 N–H and O–H groups in total. The van der Waals surface area contributed by atoms with Crippen molar-refractivity contribution in [1.29, 1.82) is 0 Å². The minimum Gasteiger partial charge on any atom is -0.349 e. The van der Waals surface area contributed by atoms with Gasteiger partial charge >= 0.3 is 0 Å². The fraction of sp³-hybridized carbons (Fsp3) is 0.793. The van der Waals surface area contributed by atoms with E-state index in [4.69, 9.17) is 4.84 Å². The van der Waals surface area contributed by atoms with Gasteiger partial charge in [0.1, 0.15) is 12.1 Å². The first kappa shape index (κ1) is 33.6. The van der Waals surface area contributed by atoms with Gasteiger partial charge in [0.25, 0.3) is 5.91 Å². The minimum atomic E-state index is -0.974. The van der Waals surface area contributed by atoms with Gasteiger partial charge in [-0.3, -0.25) is 24.0 Å². The molecule has 2 unspecified atom stereocenters. The third-order valence-electron chi connectivity index (χ3n) is 7.15. The number of allylic oxidation sites excluding steroid dienone is 2. The van der Waals surface area contributed by atoms with E-state index in [9.17, 15) is 19.2 Å². The first-order valence-corrected chi connectivity index (χ1v) is 14.3. The Morgan fingerprint density at radius 2 is 1.68 bits per heavy atom. The normalized spacial score (nSPS) is 24.2. The summed E-state index contributed by atoms with van der Waals surface area (Å²) in [7, 11) is 6.22. The maximum absolute atomic E-state index is 13.5. The van der Waals surface area contributed by atoms with Crippen LogP contribution in [-0.4, -0.2) is 73.9 Å². The lowest BCUT2D eigenvalue weighted by Gasteiger charge is -2.29. The van der Waals surface area contributed by atoms with Crippen molar-refractivity contribution in [3.8, 4) is 0 Å². The van der Waals surface area contributed by atoms with Crippen molar-refractivity contribution >= 4 is 23.6 Å². The maximum atomic E-state index is 13.5. The lowest BCUT2D eigenvalue weighted by molar-refractivity contribution is -0.172. The van der Waals surface area contributed by atoms with E-state index < -0.39 is 29.8 Å². The Morgan fingerprint density at radius 1 is 1.00 bits per heavy atom. The van der Waals surface area contributed by atoms with Crippen LogP contribution in [0.1, 0.15) is 91.4 Å². The van der Waals surface area contributed by atoms with Gasteiger partial charge in [-0.05, 0) is 44.4 Å². The molecule has 9 nitrogen and oxygen atoms in total. The molecule has 0 aromatic carbocycles. The number of carbonyl (C=O) groups excluding carboxylic acids is 4. The number of rotatable bonds is 11. The van der Waals surface area contributed by atoms with Crippen molar-refractivity contribution in [2.24, 2.45) is 17.8 Å². The van der Waals surface area contributed by atoms with Crippen LogP contribution in [0.15, 0.2) is 12.2 Å². The maximum Gasteiger partial charge on any atom is 0.268 e. The van der Waals surface area contributed by atoms with Crippen molar-refractivity contribution in [2.75, 3.05) is 28.3 Å². The monoisotopic (exact) mass is 536 g/mol. The van der Waals surface area contributed by atoms with Gasteiger partial charge in [-0.15, -0.1) is 0 Å². The van der Waals surface area contributed by atoms with Crippen molar-refractivity contribution in [3.05, 3.63) is 12.2 Å². The Labute approximate surface area is 230 Å². The van der Waals surface area contributed by atoms with E-state index in [-0.39, 0.29) is 30.1 Å². The van der Waals surface area contributed by atoms with Crippen molar-refractivity contribution in [2.45, 2.75) is 103 Å². The van der Waals surface area contributed by atoms with Crippen LogP contribution in [0.2, 0.25) is 0 Å². The molecule has 1 rings (SSSR count). The summed E-state index contributed by atoms with van der Waals surface area (Å²) >= 11 is 0. The molecular formula is C29H52N4O5. The van der Waals surface area contributed by atoms with Gasteiger partial charge in [0, 0.05) is 33.0 Å². The first-order chi connectivity index (χ1) is 18.0. The van der Waals surface area contributed by atoms with Gasteiger partial charge in [-0.25, -0.2) is 5.06 Å². The molecule has 0 saturated heterocycles. The van der Waals surface area contributed by atoms with Gasteiger partial charge in [0.2, 0.25) is 17.7 Å². The average Bonchev–Trinajstić information content (AvgIpc) is 2.87. The van der Waals surface area contributed by atoms with Crippen LogP contribution >= 0.6 is 0 Å². The zero-order valence-electron chi connectivity index (χ0n) is 24.8. The van der Waals surface area contributed by atoms with Crippen LogP contribution in [0, 0.1) is 17.8 Å². The third kappa shape index (κ3) is 12.0. The topological polar surface area (TPSA) is 108 Å². The predicted molar refractivity (Wildman–Crippen MR) is 150 cm³/mol. The van der Waals surface area contributed by atoms with Crippen molar-refractivity contribution in [1.82, 2.24) is 20.6 Å². The Hall–Kier alpha value is -2.42. The Balaban J connectivity index is 3.29. The number of nitrogens with one attached hydrogen (secondary N) is 2. The largest absolute Gasteiger partial charge is 0.349 e. The minimum absolute atomic E-state index is 0.106. The highest BCUT2D eigenvalue weighted by Crippen LogP contribution is 2.21. The highest BCUT2D eigenvalue weighted by molar-refractivity contribution is 5.92. The summed E-state index contributed by atoms with van der Waals surface area (Å²) in [4.78, 5) is 59.6. The fourth-order valence-electron chi connectivity index (χ4n) is 4.82. The molecule has 1 aliphatic rings. The molecular weight excluding hydrogens is 484 g/mol. The van der Waals surface area contributed by atoms with Gasteiger partial charge in [-0.1, -0.05) is 65.0 Å². The van der Waals surface area contributed by atoms with Crippen LogP contribution < -0.4 is 10.6 Å². The Morgan fingerprint density at radius 3 is 2.29 bits per heavy atom. The molecule has 0 fully saturated rings. The highest BCUT2D eigenvalue weighted by atomic mass is 16.7. The summed E-state index contributed by atoms with van der Waals surface area (Å²) in [5, 5.41) is 6.91. The predicted octanol–water partition coefficient (Wildman–Crippen LogP) is 3.83. The van der Waals surface area contributed by atoms with E-state index in [1.54, 1.807) is 14.1 Å². The Bertz CT molecular complexity index is 783. The lowest BCUT2D eigenvalue weighted by Crippen LogP contribution is -2.55. The van der Waals surface area contributed by atoms with Gasteiger partial charge in [0.05, 0.1) is 7.11 Å². The van der Waals surface area contributed by atoms with E-state index >= 15 is 0 Å². The number of hydroxylamine groups is 2. The summed E-state index contributed by atoms with van der Waals surface area (Å²) in [6.45, 7) is 6.17. The quantitative estimate of drug-likeness (QED) is 0.237. The van der Waals surface area contributed by atoms with Crippen LogP contribution in [-0.2, 0) is 24.0 Å². The first-order valence-electron chi connectivity index (χ1n) is 14.3. The molecule has 0 aromatic rings. The Kier molecular flexibility index (Phi) is 15.9. The van der Waals surface area contributed by atoms with Crippen molar-refractivity contribution < 1.29 is 24.0 Å². The molecule has 218 valence electrons.